The molecule has 1 aromatic heterocycles. The zero-order chi connectivity index (χ0) is 13.7. The van der Waals surface area contributed by atoms with E-state index >= 15 is 0 Å². The van der Waals surface area contributed by atoms with E-state index in [1.165, 1.54) is 6.07 Å². The number of anilines is 1. The Balaban J connectivity index is 2.00. The van der Waals surface area contributed by atoms with Gasteiger partial charge in [-0.05, 0) is 30.7 Å². The molecule has 0 spiro atoms. The van der Waals surface area contributed by atoms with Gasteiger partial charge < -0.3 is 10.4 Å². The number of nitro groups is 1. The molecule has 0 radical (unpaired) electrons. The van der Waals surface area contributed by atoms with Crippen molar-refractivity contribution in [3.05, 3.63) is 28.4 Å². The van der Waals surface area contributed by atoms with Gasteiger partial charge in [-0.15, -0.1) is 0 Å². The second kappa shape index (κ2) is 6.47. The maximum atomic E-state index is 10.9. The molecule has 1 heterocycles. The number of hydrogen-bond acceptors (Lipinski definition) is 5. The lowest BCUT2D eigenvalue weighted by Crippen LogP contribution is -2.29. The van der Waals surface area contributed by atoms with Crippen molar-refractivity contribution < 1.29 is 10.0 Å². The number of aliphatic hydroxyl groups is 1. The first-order chi connectivity index (χ1) is 9.22. The highest BCUT2D eigenvalue weighted by molar-refractivity contribution is 5.55. The predicted octanol–water partition coefficient (Wildman–Crippen LogP) is 2.20. The summed E-state index contributed by atoms with van der Waals surface area (Å²) in [5, 5.41) is 23.3. The third kappa shape index (κ3) is 3.41. The maximum absolute atomic E-state index is 10.9. The largest absolute Gasteiger partial charge is 0.396 e. The van der Waals surface area contributed by atoms with Gasteiger partial charge in [-0.25, -0.2) is 4.98 Å². The fraction of sp³-hybridized carbons (Fsp3) is 0.615. The minimum absolute atomic E-state index is 0.00106. The molecular weight excluding hydrogens is 246 g/mol. The van der Waals surface area contributed by atoms with Crippen LogP contribution in [-0.4, -0.2) is 28.2 Å². The quantitative estimate of drug-likeness (QED) is 0.629. The minimum Gasteiger partial charge on any atom is -0.396 e. The summed E-state index contributed by atoms with van der Waals surface area (Å²) in [6.07, 6.45) is 5.95. The van der Waals surface area contributed by atoms with Gasteiger partial charge in [-0.3, -0.25) is 10.1 Å². The lowest BCUT2D eigenvalue weighted by atomic mass is 9.79. The van der Waals surface area contributed by atoms with Crippen LogP contribution < -0.4 is 5.32 Å². The summed E-state index contributed by atoms with van der Waals surface area (Å²) in [7, 11) is 0. The van der Waals surface area contributed by atoms with Crippen LogP contribution in [0.25, 0.3) is 0 Å². The van der Waals surface area contributed by atoms with Crippen LogP contribution in [0.1, 0.15) is 25.7 Å². The molecule has 2 rings (SSSR count). The molecule has 1 fully saturated rings. The molecular formula is C13H19N3O3. The lowest BCUT2D eigenvalue weighted by Gasteiger charge is -2.30. The molecule has 6 nitrogen and oxygen atoms in total. The molecule has 19 heavy (non-hydrogen) atoms. The van der Waals surface area contributed by atoms with Gasteiger partial charge in [-0.1, -0.05) is 12.8 Å². The highest BCUT2D eigenvalue weighted by Crippen LogP contribution is 2.30. The van der Waals surface area contributed by atoms with Crippen molar-refractivity contribution in [3.63, 3.8) is 0 Å². The van der Waals surface area contributed by atoms with Gasteiger partial charge in [0, 0.05) is 25.4 Å². The smallest absolute Gasteiger partial charge is 0.311 e. The van der Waals surface area contributed by atoms with Crippen LogP contribution in [0.2, 0.25) is 0 Å². The van der Waals surface area contributed by atoms with E-state index < -0.39 is 4.92 Å². The zero-order valence-corrected chi connectivity index (χ0v) is 10.8. The van der Waals surface area contributed by atoms with E-state index in [9.17, 15) is 15.2 Å². The molecule has 0 saturated heterocycles. The summed E-state index contributed by atoms with van der Waals surface area (Å²) >= 11 is 0. The third-order valence-corrected chi connectivity index (χ3v) is 3.82. The molecule has 1 aliphatic carbocycles. The molecule has 0 aromatic carbocycles. The van der Waals surface area contributed by atoms with E-state index in [4.69, 9.17) is 0 Å². The van der Waals surface area contributed by atoms with Crippen LogP contribution in [0.5, 0.6) is 0 Å². The Labute approximate surface area is 112 Å². The molecule has 1 saturated carbocycles. The number of nitrogens with zero attached hydrogens (tertiary/aromatic N) is 2. The second-order valence-electron chi connectivity index (χ2n) is 5.00. The van der Waals surface area contributed by atoms with Crippen molar-refractivity contribution in [2.75, 3.05) is 18.5 Å². The van der Waals surface area contributed by atoms with Crippen molar-refractivity contribution in [2.24, 2.45) is 11.8 Å². The average molecular weight is 265 g/mol. The molecule has 104 valence electrons. The first-order valence-electron chi connectivity index (χ1n) is 6.66. The Morgan fingerprint density at radius 2 is 2.16 bits per heavy atom. The summed E-state index contributed by atoms with van der Waals surface area (Å²) in [4.78, 5) is 14.5. The van der Waals surface area contributed by atoms with Crippen molar-refractivity contribution >= 4 is 11.5 Å². The number of aromatic nitrogens is 1. The third-order valence-electron chi connectivity index (χ3n) is 3.82. The van der Waals surface area contributed by atoms with E-state index in [1.54, 1.807) is 12.3 Å². The van der Waals surface area contributed by atoms with Crippen molar-refractivity contribution in [1.29, 1.82) is 0 Å². The standard InChI is InChI=1S/C13H19N3O3/c17-9-11-5-2-1-4-10(11)8-15-13-12(16(18)19)6-3-7-14-13/h3,6-7,10-11,17H,1-2,4-5,8-9H2,(H,14,15). The Bertz CT molecular complexity index is 439. The molecule has 2 unspecified atom stereocenters. The van der Waals surface area contributed by atoms with Gasteiger partial charge in [0.1, 0.15) is 0 Å². The lowest BCUT2D eigenvalue weighted by molar-refractivity contribution is -0.384. The fourth-order valence-corrected chi connectivity index (χ4v) is 2.70. The molecule has 0 bridgehead atoms. The first-order valence-corrected chi connectivity index (χ1v) is 6.66. The Kier molecular flexibility index (Phi) is 4.68. The van der Waals surface area contributed by atoms with E-state index in [-0.39, 0.29) is 12.3 Å². The summed E-state index contributed by atoms with van der Waals surface area (Å²) < 4.78 is 0. The number of hydrogen-bond donors (Lipinski definition) is 2. The minimum atomic E-state index is -0.431. The van der Waals surface area contributed by atoms with Crippen LogP contribution in [0, 0.1) is 22.0 Å². The summed E-state index contributed by atoms with van der Waals surface area (Å²) in [6.45, 7) is 0.819. The van der Waals surface area contributed by atoms with Crippen molar-refractivity contribution in [3.8, 4) is 0 Å². The van der Waals surface area contributed by atoms with Gasteiger partial charge >= 0.3 is 5.69 Å². The molecule has 0 amide bonds. The maximum Gasteiger partial charge on any atom is 0.311 e. The Hall–Kier alpha value is -1.69. The summed E-state index contributed by atoms with van der Waals surface area (Å²) in [5.74, 6) is 0.971. The average Bonchev–Trinajstić information content (AvgIpc) is 2.45. The number of rotatable bonds is 5. The van der Waals surface area contributed by atoms with Crippen LogP contribution in [0.15, 0.2) is 18.3 Å². The van der Waals surface area contributed by atoms with E-state index in [1.807, 2.05) is 0 Å². The van der Waals surface area contributed by atoms with Gasteiger partial charge in [0.25, 0.3) is 0 Å². The van der Waals surface area contributed by atoms with Crippen LogP contribution in [0.4, 0.5) is 11.5 Å². The van der Waals surface area contributed by atoms with Gasteiger partial charge in [0.05, 0.1) is 4.92 Å². The van der Waals surface area contributed by atoms with E-state index in [2.05, 4.69) is 10.3 Å². The topological polar surface area (TPSA) is 88.3 Å². The van der Waals surface area contributed by atoms with Crippen LogP contribution in [-0.2, 0) is 0 Å². The predicted molar refractivity (Wildman–Crippen MR) is 71.9 cm³/mol. The normalized spacial score (nSPS) is 23.0. The summed E-state index contributed by atoms with van der Waals surface area (Å²) in [6, 6.07) is 3.00. The molecule has 0 aliphatic heterocycles. The molecule has 2 N–H and O–H groups in total. The second-order valence-corrected chi connectivity index (χ2v) is 5.00. The van der Waals surface area contributed by atoms with Gasteiger partial charge in [-0.2, -0.15) is 0 Å². The SMILES string of the molecule is O=[N+]([O-])c1cccnc1NCC1CCCCC1CO. The zero-order valence-electron chi connectivity index (χ0n) is 10.8. The monoisotopic (exact) mass is 265 g/mol. The number of nitrogens with one attached hydrogen (secondary N) is 1. The number of pyridine rings is 1. The molecule has 6 heteroatoms. The van der Waals surface area contributed by atoms with Gasteiger partial charge in [0.2, 0.25) is 5.82 Å². The number of aliphatic hydroxyl groups excluding tert-OH is 1. The van der Waals surface area contributed by atoms with E-state index in [0.717, 1.165) is 25.7 Å². The first kappa shape index (κ1) is 13.7. The van der Waals surface area contributed by atoms with Crippen molar-refractivity contribution in [2.45, 2.75) is 25.7 Å². The molecule has 2 atom stereocenters. The van der Waals surface area contributed by atoms with Gasteiger partial charge in [0.15, 0.2) is 0 Å². The Morgan fingerprint density at radius 1 is 1.42 bits per heavy atom. The van der Waals surface area contributed by atoms with Crippen LogP contribution >= 0.6 is 0 Å². The van der Waals surface area contributed by atoms with Crippen LogP contribution in [0.3, 0.4) is 0 Å². The highest BCUT2D eigenvalue weighted by Gasteiger charge is 2.25. The Morgan fingerprint density at radius 3 is 2.84 bits per heavy atom. The van der Waals surface area contributed by atoms with Crippen molar-refractivity contribution in [1.82, 2.24) is 4.98 Å². The highest BCUT2D eigenvalue weighted by atomic mass is 16.6. The molecule has 1 aliphatic rings. The summed E-state index contributed by atoms with van der Waals surface area (Å²) in [5.41, 5.74) is -0.00106. The fourth-order valence-electron chi connectivity index (χ4n) is 2.70. The van der Waals surface area contributed by atoms with E-state index in [0.29, 0.717) is 24.2 Å². The molecule has 1 aromatic rings.